The summed E-state index contributed by atoms with van der Waals surface area (Å²) >= 11 is 0. The van der Waals surface area contributed by atoms with Gasteiger partial charge in [-0.05, 0) is 0 Å². The summed E-state index contributed by atoms with van der Waals surface area (Å²) in [6, 6.07) is 0. The lowest BCUT2D eigenvalue weighted by Crippen LogP contribution is -2.34. The van der Waals surface area contributed by atoms with Crippen LogP contribution in [0, 0.1) is 0 Å². The van der Waals surface area contributed by atoms with Gasteiger partial charge in [0.2, 0.25) is 0 Å². The Hall–Kier alpha value is -1.66. The van der Waals surface area contributed by atoms with Gasteiger partial charge in [0, 0.05) is 0 Å². The maximum atomic E-state index is 11.6. The molecule has 1 saturated heterocycles. The predicted octanol–water partition coefficient (Wildman–Crippen LogP) is -3.42. The summed E-state index contributed by atoms with van der Waals surface area (Å²) in [5.41, 5.74) is -0.397. The van der Waals surface area contributed by atoms with Gasteiger partial charge in [-0.25, -0.2) is 9.97 Å². The third kappa shape index (κ3) is 3.05. The number of aliphatic hydroxyl groups excluding tert-OH is 2. The Morgan fingerprint density at radius 3 is 2.83 bits per heavy atom. The first-order valence-corrected chi connectivity index (χ1v) is 7.82. The molecule has 12 nitrogen and oxygen atoms in total. The van der Waals surface area contributed by atoms with E-state index >= 15 is 0 Å². The van der Waals surface area contributed by atoms with Crippen molar-refractivity contribution in [1.29, 1.82) is 0 Å². The SMILES string of the molecule is O=c1[nH]cnc2c1ncn2C1O[C@H](COP(=O)([O-])[O-])[C@@H](O)[C@H]1O. The van der Waals surface area contributed by atoms with Crippen LogP contribution in [0.4, 0.5) is 0 Å². The number of phosphoric acid groups is 1. The zero-order valence-electron chi connectivity index (χ0n) is 11.3. The lowest BCUT2D eigenvalue weighted by Gasteiger charge is -2.30. The van der Waals surface area contributed by atoms with Crippen LogP contribution in [-0.2, 0) is 13.8 Å². The first-order valence-electron chi connectivity index (χ1n) is 6.36. The second kappa shape index (κ2) is 5.76. The minimum absolute atomic E-state index is 0.00103. The predicted molar refractivity (Wildman–Crippen MR) is 67.6 cm³/mol. The van der Waals surface area contributed by atoms with Gasteiger partial charge in [-0.3, -0.25) is 9.36 Å². The van der Waals surface area contributed by atoms with Crippen molar-refractivity contribution in [2.75, 3.05) is 6.61 Å². The standard InChI is InChI=1S/C10H13N4O8P/c15-6-4(1-21-23(18,19)20)22-10(7(6)16)14-3-13-5-8(14)11-2-12-9(5)17/h2-4,6-7,10,15-16H,1H2,(H,11,12,17)(H2,18,19,20)/p-2/t4-,6-,7-,10?/m1/s1. The monoisotopic (exact) mass is 346 g/mol. The molecule has 3 heterocycles. The number of aromatic amines is 1. The fourth-order valence-corrected chi connectivity index (χ4v) is 2.64. The lowest BCUT2D eigenvalue weighted by atomic mass is 10.1. The topological polar surface area (TPSA) is 186 Å². The average Bonchev–Trinajstić information content (AvgIpc) is 3.01. The van der Waals surface area contributed by atoms with Crippen LogP contribution in [-0.4, -0.2) is 54.7 Å². The van der Waals surface area contributed by atoms with Crippen molar-refractivity contribution in [3.8, 4) is 0 Å². The van der Waals surface area contributed by atoms with E-state index in [-0.39, 0.29) is 11.2 Å². The molecule has 1 aliphatic rings. The third-order valence-electron chi connectivity index (χ3n) is 3.37. The van der Waals surface area contributed by atoms with Gasteiger partial charge in [0.25, 0.3) is 5.56 Å². The van der Waals surface area contributed by atoms with Gasteiger partial charge < -0.3 is 38.8 Å². The van der Waals surface area contributed by atoms with Gasteiger partial charge in [-0.2, -0.15) is 0 Å². The molecule has 126 valence electrons. The minimum atomic E-state index is -5.24. The number of nitrogens with one attached hydrogen (secondary N) is 1. The van der Waals surface area contributed by atoms with E-state index in [1.807, 2.05) is 0 Å². The molecule has 0 aliphatic carbocycles. The largest absolute Gasteiger partial charge is 0.790 e. The van der Waals surface area contributed by atoms with Gasteiger partial charge >= 0.3 is 0 Å². The number of nitrogens with zero attached hydrogens (tertiary/aromatic N) is 3. The Morgan fingerprint density at radius 2 is 2.13 bits per heavy atom. The number of H-pyrrole nitrogens is 1. The fraction of sp³-hybridized carbons (Fsp3) is 0.500. The summed E-state index contributed by atoms with van der Waals surface area (Å²) in [4.78, 5) is 42.6. The number of aliphatic hydroxyl groups is 2. The first kappa shape index (κ1) is 16.2. The molecule has 0 spiro atoms. The van der Waals surface area contributed by atoms with Crippen LogP contribution in [0.15, 0.2) is 17.4 Å². The van der Waals surface area contributed by atoms with Gasteiger partial charge in [-0.15, -0.1) is 0 Å². The zero-order valence-corrected chi connectivity index (χ0v) is 12.2. The lowest BCUT2D eigenvalue weighted by molar-refractivity contribution is -0.343. The quantitative estimate of drug-likeness (QED) is 0.471. The van der Waals surface area contributed by atoms with Crippen LogP contribution in [0.3, 0.4) is 0 Å². The smallest absolute Gasteiger partial charge is 0.278 e. The van der Waals surface area contributed by atoms with Crippen LogP contribution in [0.1, 0.15) is 6.23 Å². The minimum Gasteiger partial charge on any atom is -0.790 e. The van der Waals surface area contributed by atoms with E-state index in [9.17, 15) is 29.4 Å². The Labute approximate surface area is 127 Å². The molecule has 0 bridgehead atoms. The van der Waals surface area contributed by atoms with E-state index in [1.165, 1.54) is 10.9 Å². The van der Waals surface area contributed by atoms with Gasteiger partial charge in [-0.1, -0.05) is 0 Å². The van der Waals surface area contributed by atoms with Gasteiger partial charge in [0.1, 0.15) is 18.3 Å². The number of hydrogen-bond acceptors (Lipinski definition) is 10. The Morgan fingerprint density at radius 1 is 1.39 bits per heavy atom. The highest BCUT2D eigenvalue weighted by molar-refractivity contribution is 7.43. The summed E-state index contributed by atoms with van der Waals surface area (Å²) in [6.45, 7) is -0.750. The van der Waals surface area contributed by atoms with Crippen molar-refractivity contribution in [2.24, 2.45) is 0 Å². The van der Waals surface area contributed by atoms with Crippen LogP contribution in [0.5, 0.6) is 0 Å². The van der Waals surface area contributed by atoms with E-state index in [2.05, 4.69) is 19.5 Å². The second-order valence-corrected chi connectivity index (χ2v) is 6.00. The molecule has 1 unspecified atom stereocenters. The summed E-state index contributed by atoms with van der Waals surface area (Å²) in [5, 5.41) is 19.9. The van der Waals surface area contributed by atoms with E-state index in [0.29, 0.717) is 0 Å². The molecule has 13 heteroatoms. The molecule has 0 radical (unpaired) electrons. The van der Waals surface area contributed by atoms with Gasteiger partial charge in [0.15, 0.2) is 17.4 Å². The maximum absolute atomic E-state index is 11.6. The molecule has 0 amide bonds. The van der Waals surface area contributed by atoms with Crippen molar-refractivity contribution in [3.63, 3.8) is 0 Å². The Bertz CT molecular complexity index is 815. The summed E-state index contributed by atoms with van der Waals surface area (Å²) < 4.78 is 21.1. The van der Waals surface area contributed by atoms with Crippen LogP contribution < -0.4 is 15.3 Å². The normalized spacial score (nSPS) is 28.5. The second-order valence-electron chi connectivity index (χ2n) is 4.84. The number of fused-ring (bicyclic) bond motifs is 1. The summed E-state index contributed by atoms with van der Waals surface area (Å²) in [6.07, 6.45) is -3.11. The summed E-state index contributed by atoms with van der Waals surface area (Å²) in [5.74, 6) is 0. The van der Waals surface area contributed by atoms with Crippen LogP contribution >= 0.6 is 7.82 Å². The number of hydrogen-bond donors (Lipinski definition) is 3. The van der Waals surface area contributed by atoms with Crippen LogP contribution in [0.25, 0.3) is 11.2 Å². The van der Waals surface area contributed by atoms with E-state index in [0.717, 1.165) is 6.33 Å². The van der Waals surface area contributed by atoms with E-state index < -0.39 is 44.5 Å². The molecule has 3 N–H and O–H groups in total. The number of aromatic nitrogens is 4. The van der Waals surface area contributed by atoms with Gasteiger partial charge in [0.05, 0.1) is 27.1 Å². The third-order valence-corrected chi connectivity index (χ3v) is 3.84. The first-order chi connectivity index (χ1) is 10.8. The molecular formula is C10H11N4O8P-2. The number of rotatable bonds is 4. The number of phosphoric ester groups is 1. The molecule has 1 aliphatic heterocycles. The number of ether oxygens (including phenoxy) is 1. The molecule has 23 heavy (non-hydrogen) atoms. The molecular weight excluding hydrogens is 335 g/mol. The average molecular weight is 346 g/mol. The highest BCUT2D eigenvalue weighted by atomic mass is 31.2. The Kier molecular flexibility index (Phi) is 4.06. The van der Waals surface area contributed by atoms with Crippen molar-refractivity contribution in [2.45, 2.75) is 24.5 Å². The highest BCUT2D eigenvalue weighted by Crippen LogP contribution is 2.33. The molecule has 3 rings (SSSR count). The van der Waals surface area contributed by atoms with Crippen molar-refractivity contribution >= 4 is 19.0 Å². The van der Waals surface area contributed by atoms with Crippen molar-refractivity contribution in [3.05, 3.63) is 23.0 Å². The van der Waals surface area contributed by atoms with Crippen LogP contribution in [0.2, 0.25) is 0 Å². The maximum Gasteiger partial charge on any atom is 0.278 e. The summed E-state index contributed by atoms with van der Waals surface area (Å²) in [7, 11) is -5.24. The van der Waals surface area contributed by atoms with Crippen molar-refractivity contribution < 1.29 is 33.8 Å². The van der Waals surface area contributed by atoms with E-state index in [1.54, 1.807) is 0 Å². The molecule has 2 aromatic rings. The van der Waals surface area contributed by atoms with E-state index in [4.69, 9.17) is 4.74 Å². The highest BCUT2D eigenvalue weighted by Gasteiger charge is 2.44. The molecule has 0 aromatic carbocycles. The Balaban J connectivity index is 1.87. The fourth-order valence-electron chi connectivity index (χ4n) is 2.31. The number of imidazole rings is 1. The van der Waals surface area contributed by atoms with Crippen molar-refractivity contribution in [1.82, 2.24) is 19.5 Å². The molecule has 4 atom stereocenters. The molecule has 2 aromatic heterocycles. The molecule has 1 fully saturated rings. The molecule has 0 saturated carbocycles. The zero-order chi connectivity index (χ0) is 16.8.